The molecule has 0 bridgehead atoms. The second-order valence-corrected chi connectivity index (χ2v) is 3.91. The summed E-state index contributed by atoms with van der Waals surface area (Å²) in [7, 11) is 0. The molecule has 4 heteroatoms. The van der Waals surface area contributed by atoms with E-state index in [2.05, 4.69) is 13.8 Å². The Labute approximate surface area is 99.8 Å². The standard InChI is InChI=1S/C12H27N3O/c1-5-11(6-2)15(10-9-13)12(16)14(7-3)8-4/h11H,5-10,13H2,1-4H3. The van der Waals surface area contributed by atoms with Gasteiger partial charge in [-0.05, 0) is 26.7 Å². The van der Waals surface area contributed by atoms with Gasteiger partial charge in [0.25, 0.3) is 0 Å². The first-order chi connectivity index (χ1) is 7.65. The summed E-state index contributed by atoms with van der Waals surface area (Å²) in [5, 5.41) is 0. The largest absolute Gasteiger partial charge is 0.329 e. The summed E-state index contributed by atoms with van der Waals surface area (Å²) in [4.78, 5) is 16.0. The molecule has 0 fully saturated rings. The second kappa shape index (κ2) is 8.39. The highest BCUT2D eigenvalue weighted by Crippen LogP contribution is 2.11. The molecule has 4 nitrogen and oxygen atoms in total. The molecule has 0 aliphatic heterocycles. The molecule has 0 heterocycles. The van der Waals surface area contributed by atoms with Crippen LogP contribution in [-0.2, 0) is 0 Å². The van der Waals surface area contributed by atoms with Gasteiger partial charge in [-0.3, -0.25) is 0 Å². The van der Waals surface area contributed by atoms with Crippen molar-refractivity contribution in [1.82, 2.24) is 9.80 Å². The average molecular weight is 229 g/mol. The van der Waals surface area contributed by atoms with Gasteiger partial charge in [-0.15, -0.1) is 0 Å². The number of urea groups is 1. The van der Waals surface area contributed by atoms with Crippen LogP contribution in [0.4, 0.5) is 4.79 Å². The van der Waals surface area contributed by atoms with Crippen molar-refractivity contribution < 1.29 is 4.79 Å². The molecule has 0 atom stereocenters. The van der Waals surface area contributed by atoms with Crippen LogP contribution in [0.2, 0.25) is 0 Å². The van der Waals surface area contributed by atoms with Gasteiger partial charge in [-0.2, -0.15) is 0 Å². The van der Waals surface area contributed by atoms with Gasteiger partial charge in [0.05, 0.1) is 0 Å². The summed E-state index contributed by atoms with van der Waals surface area (Å²) in [6.07, 6.45) is 1.98. The summed E-state index contributed by atoms with van der Waals surface area (Å²) >= 11 is 0. The molecule has 0 saturated carbocycles. The monoisotopic (exact) mass is 229 g/mol. The quantitative estimate of drug-likeness (QED) is 0.725. The maximum atomic E-state index is 12.3. The second-order valence-electron chi connectivity index (χ2n) is 3.91. The molecule has 0 saturated heterocycles. The Kier molecular flexibility index (Phi) is 7.99. The summed E-state index contributed by atoms with van der Waals surface area (Å²) in [6, 6.07) is 0.445. The summed E-state index contributed by atoms with van der Waals surface area (Å²) in [5.41, 5.74) is 5.59. The molecule has 0 aromatic heterocycles. The zero-order valence-corrected chi connectivity index (χ0v) is 11.2. The number of carbonyl (C=O) groups excluding carboxylic acids is 1. The third kappa shape index (κ3) is 4.00. The zero-order chi connectivity index (χ0) is 12.6. The van der Waals surface area contributed by atoms with Crippen LogP contribution in [0.1, 0.15) is 40.5 Å². The topological polar surface area (TPSA) is 49.6 Å². The Balaban J connectivity index is 4.67. The van der Waals surface area contributed by atoms with Crippen LogP contribution in [0.25, 0.3) is 0 Å². The molecule has 96 valence electrons. The minimum Gasteiger partial charge on any atom is -0.329 e. The molecule has 2 N–H and O–H groups in total. The van der Waals surface area contributed by atoms with Crippen LogP contribution in [0.15, 0.2) is 0 Å². The van der Waals surface area contributed by atoms with Crippen LogP contribution in [0, 0.1) is 0 Å². The molecule has 0 radical (unpaired) electrons. The average Bonchev–Trinajstić information content (AvgIpc) is 2.30. The molecule has 2 amide bonds. The van der Waals surface area contributed by atoms with Gasteiger partial charge in [0.2, 0.25) is 0 Å². The number of amides is 2. The maximum Gasteiger partial charge on any atom is 0.320 e. The first-order valence-electron chi connectivity index (χ1n) is 6.41. The van der Waals surface area contributed by atoms with Gasteiger partial charge in [0, 0.05) is 32.2 Å². The van der Waals surface area contributed by atoms with Crippen molar-refractivity contribution in [3.63, 3.8) is 0 Å². The fraction of sp³-hybridized carbons (Fsp3) is 0.917. The normalized spacial score (nSPS) is 10.6. The van der Waals surface area contributed by atoms with E-state index in [9.17, 15) is 4.79 Å². The fourth-order valence-corrected chi connectivity index (χ4v) is 1.98. The van der Waals surface area contributed by atoms with E-state index in [0.717, 1.165) is 25.9 Å². The third-order valence-corrected chi connectivity index (χ3v) is 3.03. The van der Waals surface area contributed by atoms with E-state index in [1.54, 1.807) is 0 Å². The summed E-state index contributed by atoms with van der Waals surface area (Å²) < 4.78 is 0. The smallest absolute Gasteiger partial charge is 0.320 e. The minimum absolute atomic E-state index is 0.129. The molecular weight excluding hydrogens is 202 g/mol. The number of nitrogens with zero attached hydrogens (tertiary/aromatic N) is 2. The van der Waals surface area contributed by atoms with Crippen molar-refractivity contribution in [2.75, 3.05) is 26.2 Å². The van der Waals surface area contributed by atoms with Gasteiger partial charge in [-0.25, -0.2) is 4.79 Å². The van der Waals surface area contributed by atoms with Crippen LogP contribution in [0.3, 0.4) is 0 Å². The molecule has 0 unspecified atom stereocenters. The third-order valence-electron chi connectivity index (χ3n) is 3.03. The molecule has 0 aromatic rings. The molecule has 0 aromatic carbocycles. The molecule has 0 rings (SSSR count). The van der Waals surface area contributed by atoms with Crippen LogP contribution >= 0.6 is 0 Å². The molecule has 0 aliphatic rings. The highest BCUT2D eigenvalue weighted by Gasteiger charge is 2.23. The molecule has 0 aliphatic carbocycles. The van der Waals surface area contributed by atoms with Crippen LogP contribution in [-0.4, -0.2) is 48.1 Å². The van der Waals surface area contributed by atoms with E-state index in [-0.39, 0.29) is 6.03 Å². The Bertz CT molecular complexity index is 189. The van der Waals surface area contributed by atoms with E-state index in [1.807, 2.05) is 23.6 Å². The highest BCUT2D eigenvalue weighted by atomic mass is 16.2. The van der Waals surface area contributed by atoms with E-state index in [4.69, 9.17) is 5.73 Å². The SMILES string of the molecule is CCC(CC)N(CCN)C(=O)N(CC)CC. The lowest BCUT2D eigenvalue weighted by molar-refractivity contribution is 0.135. The van der Waals surface area contributed by atoms with Crippen molar-refractivity contribution in [2.24, 2.45) is 5.73 Å². The Morgan fingerprint density at radius 2 is 1.62 bits per heavy atom. The van der Waals surface area contributed by atoms with Gasteiger partial charge in [0.15, 0.2) is 0 Å². The van der Waals surface area contributed by atoms with Crippen molar-refractivity contribution >= 4 is 6.03 Å². The van der Waals surface area contributed by atoms with Gasteiger partial charge < -0.3 is 15.5 Å². The van der Waals surface area contributed by atoms with E-state index >= 15 is 0 Å². The van der Waals surface area contributed by atoms with Crippen molar-refractivity contribution in [1.29, 1.82) is 0 Å². The lowest BCUT2D eigenvalue weighted by Gasteiger charge is -2.34. The summed E-state index contributed by atoms with van der Waals surface area (Å²) in [5.74, 6) is 0. The van der Waals surface area contributed by atoms with E-state index < -0.39 is 0 Å². The molecule has 0 spiro atoms. The van der Waals surface area contributed by atoms with Gasteiger partial charge in [-0.1, -0.05) is 13.8 Å². The lowest BCUT2D eigenvalue weighted by Crippen LogP contribution is -2.49. The summed E-state index contributed by atoms with van der Waals surface area (Å²) in [6.45, 7) is 11.0. The maximum absolute atomic E-state index is 12.3. The minimum atomic E-state index is 0.129. The number of carbonyl (C=O) groups is 1. The Hall–Kier alpha value is -0.770. The number of rotatable bonds is 7. The number of hydrogen-bond acceptors (Lipinski definition) is 2. The van der Waals surface area contributed by atoms with Crippen LogP contribution < -0.4 is 5.73 Å². The highest BCUT2D eigenvalue weighted by molar-refractivity contribution is 5.74. The number of hydrogen-bond donors (Lipinski definition) is 1. The Morgan fingerprint density at radius 1 is 1.12 bits per heavy atom. The fourth-order valence-electron chi connectivity index (χ4n) is 1.98. The van der Waals surface area contributed by atoms with Crippen molar-refractivity contribution in [3.8, 4) is 0 Å². The van der Waals surface area contributed by atoms with Crippen molar-refractivity contribution in [3.05, 3.63) is 0 Å². The molecule has 16 heavy (non-hydrogen) atoms. The predicted octanol–water partition coefficient (Wildman–Crippen LogP) is 1.90. The predicted molar refractivity (Wildman–Crippen MR) is 68.4 cm³/mol. The Morgan fingerprint density at radius 3 is 1.94 bits per heavy atom. The lowest BCUT2D eigenvalue weighted by atomic mass is 10.1. The first-order valence-corrected chi connectivity index (χ1v) is 6.41. The number of nitrogens with two attached hydrogens (primary N) is 1. The first kappa shape index (κ1) is 15.2. The van der Waals surface area contributed by atoms with Crippen molar-refractivity contribution in [2.45, 2.75) is 46.6 Å². The van der Waals surface area contributed by atoms with E-state index in [1.165, 1.54) is 0 Å². The van der Waals surface area contributed by atoms with Crippen LogP contribution in [0.5, 0.6) is 0 Å². The van der Waals surface area contributed by atoms with E-state index in [0.29, 0.717) is 19.1 Å². The molecular formula is C12H27N3O. The van der Waals surface area contributed by atoms with Gasteiger partial charge >= 0.3 is 6.03 Å². The van der Waals surface area contributed by atoms with Gasteiger partial charge in [0.1, 0.15) is 0 Å². The zero-order valence-electron chi connectivity index (χ0n) is 11.2.